The van der Waals surface area contributed by atoms with Gasteiger partial charge in [0.25, 0.3) is 0 Å². The van der Waals surface area contributed by atoms with E-state index in [1.54, 1.807) is 0 Å². The van der Waals surface area contributed by atoms with E-state index < -0.39 is 6.16 Å². The monoisotopic (exact) mass is 178 g/mol. The van der Waals surface area contributed by atoms with E-state index in [2.05, 4.69) is 0 Å². The molecule has 0 rings (SSSR count). The zero-order valence-corrected chi connectivity index (χ0v) is 2.30. The Hall–Kier alpha value is 1.31. The van der Waals surface area contributed by atoms with Gasteiger partial charge < -0.3 is 15.7 Å². The summed E-state index contributed by atoms with van der Waals surface area (Å²) in [6.07, 6.45) is -1.83. The van der Waals surface area contributed by atoms with E-state index in [4.69, 9.17) is 15.0 Å². The van der Waals surface area contributed by atoms with Gasteiger partial charge in [0.15, 0.2) is 0 Å². The van der Waals surface area contributed by atoms with E-state index in [1.165, 1.54) is 0 Å². The molecule has 0 unspecified atom stereocenters. The van der Waals surface area contributed by atoms with Crippen LogP contribution in [0.15, 0.2) is 0 Å². The molecule has 0 aromatic carbocycles. The molecule has 4 nitrogen and oxygen atoms in total. The minimum absolute atomic E-state index is 0. The average Bonchev–Trinajstić information content (AvgIpc) is 0.811. The third-order valence-electron chi connectivity index (χ3n) is 0. The van der Waals surface area contributed by atoms with E-state index >= 15 is 0 Å². The van der Waals surface area contributed by atoms with Crippen molar-refractivity contribution in [1.29, 1.82) is 0 Å². The van der Waals surface area contributed by atoms with Crippen molar-refractivity contribution in [2.24, 2.45) is 0 Å². The van der Waals surface area contributed by atoms with Crippen LogP contribution in [0.2, 0.25) is 0 Å². The summed E-state index contributed by atoms with van der Waals surface area (Å²) in [5, 5.41) is 13.9. The van der Waals surface area contributed by atoms with Crippen LogP contribution >= 0.6 is 0 Å². The first-order valence-electron chi connectivity index (χ1n) is 0.651. The van der Waals surface area contributed by atoms with Crippen molar-refractivity contribution in [1.82, 2.24) is 0 Å². The fourth-order valence-corrected chi connectivity index (χ4v) is 0. The van der Waals surface area contributed by atoms with Gasteiger partial charge in [-0.15, -0.1) is 0 Å². The van der Waals surface area contributed by atoms with Gasteiger partial charge in [0.2, 0.25) is 0 Å². The average molecular weight is 178 g/mol. The first-order valence-corrected chi connectivity index (χ1v) is 0.651. The molecule has 38 valence electrons. The van der Waals surface area contributed by atoms with Crippen LogP contribution in [0.25, 0.3) is 0 Å². The van der Waals surface area contributed by atoms with Crippen LogP contribution in [0, 0.1) is 0 Å². The molecule has 0 aromatic heterocycles. The maximum atomic E-state index is 8.56. The van der Waals surface area contributed by atoms with Crippen molar-refractivity contribution >= 4 is 70.5 Å². The third kappa shape index (κ3) is 120. The molecule has 0 saturated carbocycles. The molecule has 0 spiro atoms. The molecule has 6 heteroatoms. The Morgan fingerprint density at radius 3 is 1.29 bits per heavy atom. The van der Waals surface area contributed by atoms with Crippen LogP contribution in [-0.4, -0.2) is 86.2 Å². The molecule has 4 N–H and O–H groups in total. The fourth-order valence-electron chi connectivity index (χ4n) is 0. The Balaban J connectivity index is -0.0000000150. The molecule has 0 amide bonds. The summed E-state index contributed by atoms with van der Waals surface area (Å²) in [6, 6.07) is 0. The van der Waals surface area contributed by atoms with E-state index in [-0.39, 0.29) is 69.8 Å². The molecule has 7 heavy (non-hydrogen) atoms. The van der Waals surface area contributed by atoms with Crippen molar-refractivity contribution in [3.63, 3.8) is 0 Å². The predicted molar refractivity (Wildman–Crippen MR) is 30.0 cm³/mol. The fraction of sp³-hybridized carbons (Fsp3) is 0. The number of rotatable bonds is 0. The zero-order valence-electron chi connectivity index (χ0n) is 2.30. The predicted octanol–water partition coefficient (Wildman–Crippen LogP) is -2.17. The molecule has 0 aromatic rings. The summed E-state index contributed by atoms with van der Waals surface area (Å²) in [6.45, 7) is 0. The summed E-state index contributed by atoms with van der Waals surface area (Å²) in [7, 11) is 0. The van der Waals surface area contributed by atoms with Crippen LogP contribution in [0.4, 0.5) is 4.79 Å². The molecule has 0 radical (unpaired) electrons. The Morgan fingerprint density at radius 2 is 1.29 bits per heavy atom. The number of hydrogen-bond donors (Lipinski definition) is 2. The number of carbonyl (C=O) groups is 1. The Bertz CT molecular complexity index is 34.7. The van der Waals surface area contributed by atoms with Crippen LogP contribution in [0.1, 0.15) is 0 Å². The van der Waals surface area contributed by atoms with Crippen molar-refractivity contribution in [2.45, 2.75) is 0 Å². The van der Waals surface area contributed by atoms with Gasteiger partial charge in [-0.3, -0.25) is 0 Å². The second kappa shape index (κ2) is 15.7. The number of carboxylic acid groups (broad SMARTS) is 2. The summed E-state index contributed by atoms with van der Waals surface area (Å²) in [5.41, 5.74) is 0. The van der Waals surface area contributed by atoms with E-state index in [1.807, 2.05) is 0 Å². The Morgan fingerprint density at radius 1 is 1.29 bits per heavy atom. The molecule has 0 saturated heterocycles. The normalized spacial score (nSPS) is 3.43. The minimum atomic E-state index is -1.83. The maximum absolute atomic E-state index is 8.56. The van der Waals surface area contributed by atoms with Crippen molar-refractivity contribution in [2.75, 3.05) is 0 Å². The van der Waals surface area contributed by atoms with Crippen molar-refractivity contribution in [3.05, 3.63) is 0 Å². The molecular weight excluding hydrogens is 171 g/mol. The van der Waals surface area contributed by atoms with Gasteiger partial charge in [-0.1, -0.05) is 0 Å². The van der Waals surface area contributed by atoms with Gasteiger partial charge in [0.05, 0.1) is 0 Å². The Kier molecular flexibility index (Phi) is 53.5. The zero-order chi connectivity index (χ0) is 3.58. The summed E-state index contributed by atoms with van der Waals surface area (Å²) in [5.74, 6) is 0. The van der Waals surface area contributed by atoms with Crippen molar-refractivity contribution < 1.29 is 20.5 Å². The second-order valence-electron chi connectivity index (χ2n) is 0.283. The van der Waals surface area contributed by atoms with E-state index in [9.17, 15) is 0 Å². The van der Waals surface area contributed by atoms with Crippen LogP contribution in [0.5, 0.6) is 0 Å². The molecule has 0 atom stereocenters. The van der Waals surface area contributed by atoms with E-state index in [0.29, 0.717) is 0 Å². The number of hydrogen-bond acceptors (Lipinski definition) is 1. The first-order chi connectivity index (χ1) is 1.73. The first kappa shape index (κ1) is 23.9. The molecular formula is CH7LiO4Sr. The summed E-state index contributed by atoms with van der Waals surface area (Å²) >= 11 is 0. The molecule has 0 fully saturated rings. The molecule has 0 bridgehead atoms. The SMILES string of the molecule is O.O=C(O)O.[LiH].[SrH2]. The van der Waals surface area contributed by atoms with Crippen LogP contribution in [0.3, 0.4) is 0 Å². The van der Waals surface area contributed by atoms with Crippen LogP contribution in [-0.2, 0) is 0 Å². The molecule has 0 aliphatic heterocycles. The summed E-state index contributed by atoms with van der Waals surface area (Å²) < 4.78 is 0. The van der Waals surface area contributed by atoms with Gasteiger partial charge >= 0.3 is 70.5 Å². The quantitative estimate of drug-likeness (QED) is 0.413. The summed E-state index contributed by atoms with van der Waals surface area (Å²) in [4.78, 5) is 8.56. The van der Waals surface area contributed by atoms with Crippen LogP contribution < -0.4 is 0 Å². The van der Waals surface area contributed by atoms with Gasteiger partial charge in [0.1, 0.15) is 0 Å². The van der Waals surface area contributed by atoms with Gasteiger partial charge in [0, 0.05) is 0 Å². The van der Waals surface area contributed by atoms with Crippen molar-refractivity contribution in [3.8, 4) is 0 Å². The molecule has 0 heterocycles. The molecule has 0 aliphatic carbocycles. The second-order valence-corrected chi connectivity index (χ2v) is 0.283. The molecule has 0 aliphatic rings. The van der Waals surface area contributed by atoms with Gasteiger partial charge in [-0.05, 0) is 0 Å². The standard InChI is InChI=1S/CH2O3.Li.H2O.Sr.3H/c2-1(3)4;;;;;;/h(H2,2,3,4);;1H2;;;;. The third-order valence-corrected chi connectivity index (χ3v) is 0. The topological polar surface area (TPSA) is 89.0 Å². The van der Waals surface area contributed by atoms with E-state index in [0.717, 1.165) is 0 Å². The van der Waals surface area contributed by atoms with Gasteiger partial charge in [-0.2, -0.15) is 0 Å². The Labute approximate surface area is 89.7 Å². The van der Waals surface area contributed by atoms with Gasteiger partial charge in [-0.25, -0.2) is 4.79 Å².